The van der Waals surface area contributed by atoms with Crippen LogP contribution < -0.4 is 0 Å². The number of nitrogens with zero attached hydrogens (tertiary/aromatic N) is 2. The molecule has 2 heterocycles. The molecule has 0 radical (unpaired) electrons. The lowest BCUT2D eigenvalue weighted by molar-refractivity contribution is 1.33. The topological polar surface area (TPSA) is 25.8 Å². The summed E-state index contributed by atoms with van der Waals surface area (Å²) in [6.45, 7) is 0. The zero-order valence-electron chi connectivity index (χ0n) is 23.1. The van der Waals surface area contributed by atoms with Gasteiger partial charge in [-0.3, -0.25) is 9.97 Å². The lowest BCUT2D eigenvalue weighted by Gasteiger charge is -2.14. The maximum absolute atomic E-state index is 4.33. The maximum Gasteiger partial charge on any atom is 0.0346 e. The Morgan fingerprint density at radius 1 is 0.238 bits per heavy atom. The normalized spacial score (nSPS) is 10.9. The maximum atomic E-state index is 4.33. The molecule has 0 amide bonds. The third kappa shape index (κ3) is 5.39. The number of hydrogen-bond acceptors (Lipinski definition) is 2. The molecular weight excluding hydrogens is 508 g/mol. The molecule has 0 aliphatic carbocycles. The molecule has 2 heteroatoms. The molecule has 0 bridgehead atoms. The van der Waals surface area contributed by atoms with Crippen LogP contribution in [0.2, 0.25) is 0 Å². The molecule has 198 valence electrons. The van der Waals surface area contributed by atoms with E-state index in [9.17, 15) is 0 Å². The summed E-state index contributed by atoms with van der Waals surface area (Å²) in [5.41, 5.74) is 14.0. The number of pyridine rings is 2. The van der Waals surface area contributed by atoms with Crippen molar-refractivity contribution < 1.29 is 0 Å². The SMILES string of the molecule is c1ccc(-c2cccc(-c3cc(-c4cccc(-c5cccnc5)c4)cc(-c4cccc(-c5cccnc5)c4)c3)c2)cc1. The van der Waals surface area contributed by atoms with Crippen molar-refractivity contribution in [1.29, 1.82) is 0 Å². The van der Waals surface area contributed by atoms with Gasteiger partial charge in [-0.2, -0.15) is 0 Å². The molecule has 0 unspecified atom stereocenters. The molecule has 0 saturated carbocycles. The van der Waals surface area contributed by atoms with E-state index in [2.05, 4.69) is 143 Å². The van der Waals surface area contributed by atoms with Crippen LogP contribution in [-0.4, -0.2) is 9.97 Å². The van der Waals surface area contributed by atoms with Crippen LogP contribution in [0.25, 0.3) is 66.8 Å². The fraction of sp³-hybridized carbons (Fsp3) is 0. The van der Waals surface area contributed by atoms with E-state index in [0.717, 1.165) is 22.3 Å². The van der Waals surface area contributed by atoms with Gasteiger partial charge in [0.15, 0.2) is 0 Å². The second kappa shape index (κ2) is 11.5. The molecule has 0 aliphatic heterocycles. The Bertz CT molecular complexity index is 1720. The van der Waals surface area contributed by atoms with Crippen molar-refractivity contribution in [3.8, 4) is 66.8 Å². The molecule has 0 N–H and O–H groups in total. The molecule has 42 heavy (non-hydrogen) atoms. The van der Waals surface area contributed by atoms with Crippen LogP contribution in [0.4, 0.5) is 0 Å². The van der Waals surface area contributed by atoms with Crippen molar-refractivity contribution in [3.05, 3.63) is 170 Å². The highest BCUT2D eigenvalue weighted by atomic mass is 14.6. The van der Waals surface area contributed by atoms with E-state index in [0.29, 0.717) is 0 Å². The second-order valence-corrected chi connectivity index (χ2v) is 10.4. The molecule has 7 rings (SSSR count). The monoisotopic (exact) mass is 536 g/mol. The Morgan fingerprint density at radius 3 is 0.929 bits per heavy atom. The van der Waals surface area contributed by atoms with Gasteiger partial charge < -0.3 is 0 Å². The van der Waals surface area contributed by atoms with Gasteiger partial charge in [0.2, 0.25) is 0 Å². The first-order chi connectivity index (χ1) is 20.8. The molecule has 2 nitrogen and oxygen atoms in total. The summed E-state index contributed by atoms with van der Waals surface area (Å²) in [4.78, 5) is 8.67. The first kappa shape index (κ1) is 25.4. The third-order valence-electron chi connectivity index (χ3n) is 7.62. The van der Waals surface area contributed by atoms with Crippen molar-refractivity contribution in [2.75, 3.05) is 0 Å². The highest BCUT2D eigenvalue weighted by molar-refractivity contribution is 5.85. The smallest absolute Gasteiger partial charge is 0.0346 e. The van der Waals surface area contributed by atoms with Crippen LogP contribution in [0.5, 0.6) is 0 Å². The Morgan fingerprint density at radius 2 is 0.548 bits per heavy atom. The fourth-order valence-electron chi connectivity index (χ4n) is 5.46. The van der Waals surface area contributed by atoms with Gasteiger partial charge in [-0.15, -0.1) is 0 Å². The highest BCUT2D eigenvalue weighted by Gasteiger charge is 2.11. The molecular formula is C40H28N2. The Labute approximate surface area is 246 Å². The second-order valence-electron chi connectivity index (χ2n) is 10.4. The van der Waals surface area contributed by atoms with Gasteiger partial charge in [0.25, 0.3) is 0 Å². The van der Waals surface area contributed by atoms with Gasteiger partial charge in [-0.1, -0.05) is 97.1 Å². The molecule has 0 aliphatic rings. The Balaban J connectivity index is 1.38. The number of aromatic nitrogens is 2. The molecule has 2 aromatic heterocycles. The van der Waals surface area contributed by atoms with Gasteiger partial charge in [-0.25, -0.2) is 0 Å². The summed E-state index contributed by atoms with van der Waals surface area (Å²) in [5, 5.41) is 0. The van der Waals surface area contributed by atoms with E-state index in [1.165, 1.54) is 44.5 Å². The summed E-state index contributed by atoms with van der Waals surface area (Å²) in [7, 11) is 0. The van der Waals surface area contributed by atoms with E-state index in [-0.39, 0.29) is 0 Å². The van der Waals surface area contributed by atoms with Crippen molar-refractivity contribution in [2.45, 2.75) is 0 Å². The van der Waals surface area contributed by atoms with Crippen LogP contribution in [0, 0.1) is 0 Å². The van der Waals surface area contributed by atoms with E-state index in [1.54, 1.807) is 0 Å². The quantitative estimate of drug-likeness (QED) is 0.211. The average molecular weight is 537 g/mol. The fourth-order valence-corrected chi connectivity index (χ4v) is 5.46. The van der Waals surface area contributed by atoms with E-state index in [4.69, 9.17) is 0 Å². The van der Waals surface area contributed by atoms with Crippen LogP contribution in [-0.2, 0) is 0 Å². The van der Waals surface area contributed by atoms with Crippen LogP contribution in [0.15, 0.2) is 170 Å². The molecule has 5 aromatic carbocycles. The number of hydrogen-bond donors (Lipinski definition) is 0. The number of rotatable bonds is 6. The lowest BCUT2D eigenvalue weighted by atomic mass is 9.90. The molecule has 0 atom stereocenters. The van der Waals surface area contributed by atoms with E-state index in [1.807, 2.05) is 36.9 Å². The third-order valence-corrected chi connectivity index (χ3v) is 7.62. The molecule has 0 fully saturated rings. The minimum atomic E-state index is 1.11. The summed E-state index contributed by atoms with van der Waals surface area (Å²) in [6, 6.07) is 51.9. The standard InChI is InChI=1S/C40H28N2/c1-2-9-29(10-3-1)30-11-4-14-33(21-30)38-24-39(34-15-5-12-31(22-34)36-17-7-19-41-27-36)26-40(25-38)35-16-6-13-32(23-35)37-18-8-20-42-28-37/h1-28H. The van der Waals surface area contributed by atoms with Gasteiger partial charge in [0.1, 0.15) is 0 Å². The first-order valence-electron chi connectivity index (χ1n) is 14.1. The van der Waals surface area contributed by atoms with Crippen LogP contribution in [0.1, 0.15) is 0 Å². The lowest BCUT2D eigenvalue weighted by Crippen LogP contribution is -1.88. The minimum absolute atomic E-state index is 1.11. The summed E-state index contributed by atoms with van der Waals surface area (Å²) >= 11 is 0. The van der Waals surface area contributed by atoms with Crippen molar-refractivity contribution in [1.82, 2.24) is 9.97 Å². The van der Waals surface area contributed by atoms with Gasteiger partial charge in [0.05, 0.1) is 0 Å². The summed E-state index contributed by atoms with van der Waals surface area (Å²) in [6.07, 6.45) is 7.46. The van der Waals surface area contributed by atoms with Crippen molar-refractivity contribution in [2.24, 2.45) is 0 Å². The zero-order chi connectivity index (χ0) is 28.1. The predicted molar refractivity (Wildman–Crippen MR) is 175 cm³/mol. The van der Waals surface area contributed by atoms with E-state index < -0.39 is 0 Å². The predicted octanol–water partition coefficient (Wildman–Crippen LogP) is 10.5. The molecule has 0 saturated heterocycles. The van der Waals surface area contributed by atoms with Gasteiger partial charge in [-0.05, 0) is 104 Å². The van der Waals surface area contributed by atoms with Crippen molar-refractivity contribution in [3.63, 3.8) is 0 Å². The summed E-state index contributed by atoms with van der Waals surface area (Å²) < 4.78 is 0. The first-order valence-corrected chi connectivity index (χ1v) is 14.1. The zero-order valence-corrected chi connectivity index (χ0v) is 23.1. The van der Waals surface area contributed by atoms with Gasteiger partial charge >= 0.3 is 0 Å². The van der Waals surface area contributed by atoms with Crippen LogP contribution >= 0.6 is 0 Å². The Kier molecular flexibility index (Phi) is 6.94. The van der Waals surface area contributed by atoms with E-state index >= 15 is 0 Å². The Hall–Kier alpha value is -5.60. The van der Waals surface area contributed by atoms with Gasteiger partial charge in [0, 0.05) is 35.9 Å². The average Bonchev–Trinajstić information content (AvgIpc) is 3.09. The van der Waals surface area contributed by atoms with Crippen LogP contribution in [0.3, 0.4) is 0 Å². The van der Waals surface area contributed by atoms with Crippen molar-refractivity contribution >= 4 is 0 Å². The molecule has 0 spiro atoms. The number of benzene rings is 5. The molecule has 7 aromatic rings. The minimum Gasteiger partial charge on any atom is -0.264 e. The highest BCUT2D eigenvalue weighted by Crippen LogP contribution is 2.36. The largest absolute Gasteiger partial charge is 0.264 e. The summed E-state index contributed by atoms with van der Waals surface area (Å²) in [5.74, 6) is 0.